The molecule has 0 saturated carbocycles. The molecule has 0 fully saturated rings. The van der Waals surface area contributed by atoms with Crippen LogP contribution in [0, 0.1) is 0 Å². The highest BCUT2D eigenvalue weighted by Crippen LogP contribution is 2.19. The van der Waals surface area contributed by atoms with Crippen LogP contribution >= 0.6 is 27.7 Å². The number of thioether (sulfide) groups is 1. The number of hydrogen-bond acceptors (Lipinski definition) is 3. The zero-order valence-electron chi connectivity index (χ0n) is 10.6. The maximum absolute atomic E-state index is 11.8. The van der Waals surface area contributed by atoms with Gasteiger partial charge in [0.2, 0.25) is 0 Å². The van der Waals surface area contributed by atoms with Crippen LogP contribution in [0.5, 0.6) is 0 Å². The van der Waals surface area contributed by atoms with E-state index in [1.807, 2.05) is 24.3 Å². The van der Waals surface area contributed by atoms with E-state index < -0.39 is 0 Å². The number of rotatable bonds is 5. The number of carbonyl (C=O) groups is 1. The second-order valence-corrected chi connectivity index (χ2v) is 6.06. The van der Waals surface area contributed by atoms with Crippen molar-refractivity contribution in [1.29, 1.82) is 0 Å². The molecule has 0 spiro atoms. The molecule has 104 valence electrons. The number of carbonyl (C=O) groups excluding carboxylic acids is 1. The maximum Gasteiger partial charge on any atom is 0.260 e. The fourth-order valence-corrected chi connectivity index (χ4v) is 2.59. The topological polar surface area (TPSA) is 62.0 Å². The summed E-state index contributed by atoms with van der Waals surface area (Å²) in [6.45, 7) is 0.508. The van der Waals surface area contributed by atoms with Gasteiger partial charge in [-0.25, -0.2) is 0 Å². The Kier molecular flexibility index (Phi) is 5.43. The van der Waals surface area contributed by atoms with Crippen molar-refractivity contribution in [2.75, 3.05) is 12.3 Å². The van der Waals surface area contributed by atoms with Gasteiger partial charge in [0, 0.05) is 27.9 Å². The summed E-state index contributed by atoms with van der Waals surface area (Å²) in [4.78, 5) is 26.8. The molecular formula is C14H13BrN2O2S. The Morgan fingerprint density at radius 3 is 2.70 bits per heavy atom. The lowest BCUT2D eigenvalue weighted by molar-refractivity contribution is 0.0954. The summed E-state index contributed by atoms with van der Waals surface area (Å²) in [7, 11) is 0. The molecular weight excluding hydrogens is 340 g/mol. The number of hydrogen-bond donors (Lipinski definition) is 2. The molecule has 0 bridgehead atoms. The Morgan fingerprint density at radius 1 is 1.25 bits per heavy atom. The fourth-order valence-electron chi connectivity index (χ4n) is 1.56. The molecule has 2 rings (SSSR count). The number of halogens is 1. The molecule has 0 saturated heterocycles. The van der Waals surface area contributed by atoms with Crippen molar-refractivity contribution >= 4 is 33.6 Å². The van der Waals surface area contributed by atoms with Crippen LogP contribution in [0.3, 0.4) is 0 Å². The van der Waals surface area contributed by atoms with Crippen molar-refractivity contribution in [3.8, 4) is 0 Å². The maximum atomic E-state index is 11.8. The second-order valence-electron chi connectivity index (χ2n) is 3.97. The highest BCUT2D eigenvalue weighted by molar-refractivity contribution is 9.10. The van der Waals surface area contributed by atoms with E-state index in [0.29, 0.717) is 6.54 Å². The molecule has 20 heavy (non-hydrogen) atoms. The zero-order valence-corrected chi connectivity index (χ0v) is 13.0. The van der Waals surface area contributed by atoms with Crippen LogP contribution in [0.25, 0.3) is 0 Å². The molecule has 0 aliphatic heterocycles. The van der Waals surface area contributed by atoms with Gasteiger partial charge in [-0.1, -0.05) is 15.9 Å². The van der Waals surface area contributed by atoms with E-state index in [1.165, 1.54) is 12.3 Å². The van der Waals surface area contributed by atoms with E-state index in [4.69, 9.17) is 0 Å². The number of aromatic amines is 1. The minimum atomic E-state index is -0.370. The Labute approximate surface area is 129 Å². The average Bonchev–Trinajstić information content (AvgIpc) is 2.46. The molecule has 2 aromatic rings. The van der Waals surface area contributed by atoms with Crippen LogP contribution in [0.2, 0.25) is 0 Å². The number of H-pyrrole nitrogens is 1. The van der Waals surface area contributed by atoms with Crippen LogP contribution in [0.15, 0.2) is 56.8 Å². The third-order valence-corrected chi connectivity index (χ3v) is 4.08. The first-order valence-corrected chi connectivity index (χ1v) is 7.79. The van der Waals surface area contributed by atoms with Crippen molar-refractivity contribution in [2.24, 2.45) is 0 Å². The van der Waals surface area contributed by atoms with Gasteiger partial charge in [-0.3, -0.25) is 9.59 Å². The standard InChI is InChI=1S/C14H13BrN2O2S/c15-10-3-5-11(6-4-10)20-9-8-17-14(19)12-2-1-7-16-13(12)18/h1-7H,8-9H2,(H,16,18)(H,17,19). The summed E-state index contributed by atoms with van der Waals surface area (Å²) in [5.41, 5.74) is -0.230. The van der Waals surface area contributed by atoms with Gasteiger partial charge < -0.3 is 10.3 Å². The van der Waals surface area contributed by atoms with E-state index >= 15 is 0 Å². The molecule has 0 unspecified atom stereocenters. The number of aromatic nitrogens is 1. The zero-order chi connectivity index (χ0) is 14.4. The van der Waals surface area contributed by atoms with Crippen LogP contribution in [-0.2, 0) is 0 Å². The molecule has 1 aromatic heterocycles. The van der Waals surface area contributed by atoms with Gasteiger partial charge in [-0.15, -0.1) is 11.8 Å². The second kappa shape index (κ2) is 7.31. The van der Waals surface area contributed by atoms with Gasteiger partial charge in [-0.2, -0.15) is 0 Å². The van der Waals surface area contributed by atoms with E-state index in [9.17, 15) is 9.59 Å². The first-order valence-electron chi connectivity index (χ1n) is 6.01. The van der Waals surface area contributed by atoms with Crippen LogP contribution in [-0.4, -0.2) is 23.2 Å². The first-order chi connectivity index (χ1) is 9.66. The van der Waals surface area contributed by atoms with Crippen molar-refractivity contribution in [2.45, 2.75) is 4.90 Å². The fraction of sp³-hybridized carbons (Fsp3) is 0.143. The molecule has 0 aliphatic rings. The Balaban J connectivity index is 1.79. The highest BCUT2D eigenvalue weighted by Gasteiger charge is 2.08. The Morgan fingerprint density at radius 2 is 2.00 bits per heavy atom. The van der Waals surface area contributed by atoms with E-state index in [0.717, 1.165) is 15.1 Å². The monoisotopic (exact) mass is 352 g/mol. The van der Waals surface area contributed by atoms with Gasteiger partial charge in [0.15, 0.2) is 0 Å². The van der Waals surface area contributed by atoms with Crippen molar-refractivity contribution in [3.05, 3.63) is 63.0 Å². The van der Waals surface area contributed by atoms with Crippen molar-refractivity contribution in [3.63, 3.8) is 0 Å². The highest BCUT2D eigenvalue weighted by atomic mass is 79.9. The molecule has 6 heteroatoms. The first kappa shape index (κ1) is 14.9. The molecule has 2 N–H and O–H groups in total. The van der Waals surface area contributed by atoms with Crippen LogP contribution in [0.1, 0.15) is 10.4 Å². The summed E-state index contributed by atoms with van der Waals surface area (Å²) < 4.78 is 1.04. The summed E-state index contributed by atoms with van der Waals surface area (Å²) in [6.07, 6.45) is 1.50. The van der Waals surface area contributed by atoms with Crippen LogP contribution in [0.4, 0.5) is 0 Å². The summed E-state index contributed by atoms with van der Waals surface area (Å²) in [6, 6.07) is 11.1. The normalized spacial score (nSPS) is 10.2. The van der Waals surface area contributed by atoms with Gasteiger partial charge in [0.25, 0.3) is 11.5 Å². The summed E-state index contributed by atoms with van der Waals surface area (Å²) in [5, 5.41) is 2.73. The molecule has 1 aromatic carbocycles. The number of amides is 1. The largest absolute Gasteiger partial charge is 0.351 e. The lowest BCUT2D eigenvalue weighted by atomic mass is 10.2. The number of benzene rings is 1. The SMILES string of the molecule is O=C(NCCSc1ccc(Br)cc1)c1ccc[nH]c1=O. The number of nitrogens with one attached hydrogen (secondary N) is 2. The van der Waals surface area contributed by atoms with E-state index in [2.05, 4.69) is 26.2 Å². The van der Waals surface area contributed by atoms with Gasteiger partial charge >= 0.3 is 0 Å². The van der Waals surface area contributed by atoms with Gasteiger partial charge in [0.05, 0.1) is 0 Å². The van der Waals surface area contributed by atoms with Crippen molar-refractivity contribution < 1.29 is 4.79 Å². The van der Waals surface area contributed by atoms with E-state index in [1.54, 1.807) is 17.8 Å². The molecule has 4 nitrogen and oxygen atoms in total. The number of pyridine rings is 1. The lowest BCUT2D eigenvalue weighted by Gasteiger charge is -2.04. The molecule has 1 heterocycles. The molecule has 0 aliphatic carbocycles. The van der Waals surface area contributed by atoms with Crippen molar-refractivity contribution in [1.82, 2.24) is 10.3 Å². The average molecular weight is 353 g/mol. The lowest BCUT2D eigenvalue weighted by Crippen LogP contribution is -2.30. The predicted molar refractivity (Wildman–Crippen MR) is 84.3 cm³/mol. The Bertz CT molecular complexity index is 640. The smallest absolute Gasteiger partial charge is 0.260 e. The third-order valence-electron chi connectivity index (χ3n) is 2.53. The van der Waals surface area contributed by atoms with Crippen LogP contribution < -0.4 is 10.9 Å². The summed E-state index contributed by atoms with van der Waals surface area (Å²) in [5.74, 6) is 0.404. The van der Waals surface area contributed by atoms with E-state index in [-0.39, 0.29) is 17.0 Å². The van der Waals surface area contributed by atoms with Gasteiger partial charge in [0.1, 0.15) is 5.56 Å². The molecule has 0 radical (unpaired) electrons. The molecule has 0 atom stereocenters. The van der Waals surface area contributed by atoms with Gasteiger partial charge in [-0.05, 0) is 36.4 Å². The predicted octanol–water partition coefficient (Wildman–Crippen LogP) is 2.66. The third kappa shape index (κ3) is 4.25. The summed E-state index contributed by atoms with van der Waals surface area (Å²) >= 11 is 5.03. The quantitative estimate of drug-likeness (QED) is 0.642. The minimum absolute atomic E-state index is 0.140. The Hall–Kier alpha value is -1.53. The molecule has 1 amide bonds. The minimum Gasteiger partial charge on any atom is -0.351 e.